The average molecular weight is 421 g/mol. The van der Waals surface area contributed by atoms with Gasteiger partial charge in [0.25, 0.3) is 0 Å². The quantitative estimate of drug-likeness (QED) is 0.370. The van der Waals surface area contributed by atoms with Crippen LogP contribution in [0.25, 0.3) is 33.3 Å². The molecule has 31 heavy (non-hydrogen) atoms. The third-order valence-electron chi connectivity index (χ3n) is 5.10. The molecule has 0 N–H and O–H groups in total. The molecule has 5 rings (SSSR count). The van der Waals surface area contributed by atoms with Crippen molar-refractivity contribution in [2.45, 2.75) is 26.9 Å². The van der Waals surface area contributed by atoms with Crippen molar-refractivity contribution in [3.05, 3.63) is 78.2 Å². The predicted octanol–water partition coefficient (Wildman–Crippen LogP) is 5.62. The van der Waals surface area contributed by atoms with Gasteiger partial charge in [-0.25, -0.2) is 4.68 Å². The molecule has 0 amide bonds. The van der Waals surface area contributed by atoms with Crippen LogP contribution < -0.4 is 0 Å². The lowest BCUT2D eigenvalue weighted by molar-refractivity contribution is 0.0566. The third-order valence-corrected chi connectivity index (χ3v) is 5.10. The maximum absolute atomic E-state index is 13.1. The van der Waals surface area contributed by atoms with Gasteiger partial charge in [-0.1, -0.05) is 35.5 Å². The summed E-state index contributed by atoms with van der Waals surface area (Å²) >= 11 is 0. The summed E-state index contributed by atoms with van der Waals surface area (Å²) in [5.41, 5.74) is 4.53. The summed E-state index contributed by atoms with van der Waals surface area (Å²) in [4.78, 5) is 4.60. The fraction of sp³-hybridized carbons (Fsp3) is 0.174. The minimum atomic E-state index is -2.78. The Bertz CT molecular complexity index is 1440. The van der Waals surface area contributed by atoms with E-state index in [2.05, 4.69) is 15.2 Å². The average Bonchev–Trinajstić information content (AvgIpc) is 3.51. The molecule has 0 unspecified atom stereocenters. The minimum absolute atomic E-state index is 0.417. The van der Waals surface area contributed by atoms with Gasteiger partial charge in [-0.05, 0) is 25.5 Å². The van der Waals surface area contributed by atoms with E-state index in [1.807, 2.05) is 19.1 Å². The standard InChI is InChI=1S/C23H19F2N5O/c1-14-21(15(2)31-28-14)17-8-20-22(26-9-17)19(18-10-27-30(12-18)23(24)25)13-29(20)11-16-6-4-3-5-7-16/h3-10,12-13,23H,11H2,1-2H3/i11D2. The van der Waals surface area contributed by atoms with E-state index in [9.17, 15) is 8.78 Å². The Hall–Kier alpha value is -3.81. The van der Waals surface area contributed by atoms with Crippen molar-refractivity contribution >= 4 is 11.0 Å². The zero-order chi connectivity index (χ0) is 23.3. The Balaban J connectivity index is 1.77. The first kappa shape index (κ1) is 16.9. The first-order chi connectivity index (χ1) is 15.8. The SMILES string of the molecule is [2H]C([2H])(c1ccccc1)n1cc(-c2cnn(C(F)F)c2)c2ncc(-c3c(C)noc3C)cc21. The maximum Gasteiger partial charge on any atom is 0.333 e. The minimum Gasteiger partial charge on any atom is -0.361 e. The van der Waals surface area contributed by atoms with Crippen molar-refractivity contribution in [3.8, 4) is 22.3 Å². The van der Waals surface area contributed by atoms with Crippen LogP contribution in [0.1, 0.15) is 26.3 Å². The summed E-state index contributed by atoms with van der Waals surface area (Å²) in [6.45, 7) is -1.09. The van der Waals surface area contributed by atoms with Crippen LogP contribution in [0.3, 0.4) is 0 Å². The molecule has 0 aliphatic rings. The fourth-order valence-corrected chi connectivity index (χ4v) is 3.68. The maximum atomic E-state index is 13.1. The van der Waals surface area contributed by atoms with E-state index in [0.29, 0.717) is 43.9 Å². The van der Waals surface area contributed by atoms with Gasteiger partial charge in [0.2, 0.25) is 0 Å². The van der Waals surface area contributed by atoms with Gasteiger partial charge in [-0.15, -0.1) is 0 Å². The number of fused-ring (bicyclic) bond motifs is 1. The number of alkyl halides is 2. The van der Waals surface area contributed by atoms with Crippen LogP contribution in [0.4, 0.5) is 8.78 Å². The predicted molar refractivity (Wildman–Crippen MR) is 113 cm³/mol. The molecule has 4 aromatic heterocycles. The summed E-state index contributed by atoms with van der Waals surface area (Å²) in [5, 5.41) is 7.72. The zero-order valence-corrected chi connectivity index (χ0v) is 16.8. The van der Waals surface area contributed by atoms with Crippen LogP contribution in [0.15, 0.2) is 65.7 Å². The Morgan fingerprint density at radius 1 is 1.10 bits per heavy atom. The zero-order valence-electron chi connectivity index (χ0n) is 18.8. The number of pyridine rings is 1. The number of hydrogen-bond donors (Lipinski definition) is 0. The largest absolute Gasteiger partial charge is 0.361 e. The first-order valence-corrected chi connectivity index (χ1v) is 9.60. The molecular weight excluding hydrogens is 400 g/mol. The van der Waals surface area contributed by atoms with E-state index in [1.54, 1.807) is 43.6 Å². The van der Waals surface area contributed by atoms with Crippen LogP contribution >= 0.6 is 0 Å². The molecule has 8 heteroatoms. The Morgan fingerprint density at radius 3 is 2.58 bits per heavy atom. The number of benzene rings is 1. The smallest absolute Gasteiger partial charge is 0.333 e. The van der Waals surface area contributed by atoms with Crippen molar-refractivity contribution in [3.63, 3.8) is 0 Å². The van der Waals surface area contributed by atoms with Gasteiger partial charge in [-0.2, -0.15) is 13.9 Å². The molecule has 4 heterocycles. The number of hydrogen-bond acceptors (Lipinski definition) is 4. The normalized spacial score (nSPS) is 13.1. The van der Waals surface area contributed by atoms with Crippen LogP contribution in [0.2, 0.25) is 0 Å². The number of aryl methyl sites for hydroxylation is 2. The summed E-state index contributed by atoms with van der Waals surface area (Å²) in [7, 11) is 0. The Labute approximate surface area is 179 Å². The number of aromatic nitrogens is 5. The number of nitrogens with zero attached hydrogens (tertiary/aromatic N) is 5. The Kier molecular flexibility index (Phi) is 4.08. The first-order valence-electron chi connectivity index (χ1n) is 10.6. The van der Waals surface area contributed by atoms with Crippen LogP contribution in [0, 0.1) is 13.8 Å². The molecular formula is C23H19F2N5O. The summed E-state index contributed by atoms with van der Waals surface area (Å²) in [6.07, 6.45) is 5.80. The second-order valence-electron chi connectivity index (χ2n) is 7.17. The summed E-state index contributed by atoms with van der Waals surface area (Å²) < 4.78 is 51.4. The van der Waals surface area contributed by atoms with E-state index in [0.717, 1.165) is 11.1 Å². The van der Waals surface area contributed by atoms with Crippen molar-refractivity contribution < 1.29 is 16.0 Å². The summed E-state index contributed by atoms with van der Waals surface area (Å²) in [5.74, 6) is 0.622. The highest BCUT2D eigenvalue weighted by Gasteiger charge is 2.18. The van der Waals surface area contributed by atoms with E-state index in [-0.39, 0.29) is 0 Å². The molecule has 5 aromatic rings. The van der Waals surface area contributed by atoms with Crippen molar-refractivity contribution in [2.24, 2.45) is 0 Å². The highest BCUT2D eigenvalue weighted by Crippen LogP contribution is 2.34. The van der Waals surface area contributed by atoms with Gasteiger partial charge in [0.15, 0.2) is 0 Å². The molecule has 0 aliphatic heterocycles. The van der Waals surface area contributed by atoms with Crippen LogP contribution in [-0.4, -0.2) is 24.5 Å². The lowest BCUT2D eigenvalue weighted by Gasteiger charge is -2.07. The fourth-order valence-electron chi connectivity index (χ4n) is 3.68. The molecule has 0 bridgehead atoms. The molecule has 156 valence electrons. The van der Waals surface area contributed by atoms with Gasteiger partial charge in [-0.3, -0.25) is 4.98 Å². The van der Waals surface area contributed by atoms with Crippen molar-refractivity contribution in [1.29, 1.82) is 0 Å². The number of rotatable bonds is 5. The highest BCUT2D eigenvalue weighted by molar-refractivity contribution is 5.94. The number of halogens is 2. The molecule has 0 saturated carbocycles. The monoisotopic (exact) mass is 421 g/mol. The van der Waals surface area contributed by atoms with Gasteiger partial charge in [0, 0.05) is 47.3 Å². The van der Waals surface area contributed by atoms with E-state index >= 15 is 0 Å². The van der Waals surface area contributed by atoms with Gasteiger partial charge < -0.3 is 9.09 Å². The van der Waals surface area contributed by atoms with Crippen molar-refractivity contribution in [1.82, 2.24) is 24.5 Å². The van der Waals surface area contributed by atoms with Crippen LogP contribution in [-0.2, 0) is 6.50 Å². The molecule has 6 nitrogen and oxygen atoms in total. The topological polar surface area (TPSA) is 61.7 Å². The molecule has 0 saturated heterocycles. The lowest BCUT2D eigenvalue weighted by Crippen LogP contribution is -1.98. The molecule has 0 fully saturated rings. The van der Waals surface area contributed by atoms with Crippen molar-refractivity contribution in [2.75, 3.05) is 0 Å². The van der Waals surface area contributed by atoms with E-state index in [4.69, 9.17) is 7.26 Å². The van der Waals surface area contributed by atoms with Crippen LogP contribution in [0.5, 0.6) is 0 Å². The van der Waals surface area contributed by atoms with Gasteiger partial charge >= 0.3 is 6.55 Å². The molecule has 0 spiro atoms. The molecule has 0 atom stereocenters. The highest BCUT2D eigenvalue weighted by atomic mass is 19.3. The molecule has 0 radical (unpaired) electrons. The van der Waals surface area contributed by atoms with E-state index < -0.39 is 13.0 Å². The molecule has 1 aromatic carbocycles. The third kappa shape index (κ3) is 3.39. The summed E-state index contributed by atoms with van der Waals surface area (Å²) in [6, 6.07) is 10.6. The molecule has 0 aliphatic carbocycles. The lowest BCUT2D eigenvalue weighted by atomic mass is 10.1. The van der Waals surface area contributed by atoms with Gasteiger partial charge in [0.05, 0.1) is 25.7 Å². The van der Waals surface area contributed by atoms with Gasteiger partial charge in [0.1, 0.15) is 5.76 Å². The van der Waals surface area contributed by atoms with E-state index in [1.165, 1.54) is 17.0 Å². The second kappa shape index (κ2) is 7.46. The Morgan fingerprint density at radius 2 is 1.90 bits per heavy atom. The second-order valence-corrected chi connectivity index (χ2v) is 7.17.